The molecule has 2 amide bonds. The zero-order valence-corrected chi connectivity index (χ0v) is 25.8. The van der Waals surface area contributed by atoms with Crippen LogP contribution in [0.3, 0.4) is 0 Å². The molecule has 3 heterocycles. The van der Waals surface area contributed by atoms with Gasteiger partial charge in [0.2, 0.25) is 11.8 Å². The molecule has 3 aromatic carbocycles. The van der Waals surface area contributed by atoms with E-state index in [1.165, 1.54) is 16.7 Å². The number of esters is 1. The second kappa shape index (κ2) is 11.5. The van der Waals surface area contributed by atoms with Crippen LogP contribution in [0.4, 0.5) is 5.69 Å². The number of hydrogen-bond donors (Lipinski definition) is 1. The van der Waals surface area contributed by atoms with Crippen molar-refractivity contribution in [3.8, 4) is 5.75 Å². The number of anilines is 1. The zero-order valence-electron chi connectivity index (χ0n) is 22.6. The van der Waals surface area contributed by atoms with Crippen molar-refractivity contribution in [2.24, 2.45) is 5.92 Å². The Balaban J connectivity index is 1.39. The molecule has 42 heavy (non-hydrogen) atoms. The predicted molar refractivity (Wildman–Crippen MR) is 164 cm³/mol. The van der Waals surface area contributed by atoms with Crippen LogP contribution in [0.1, 0.15) is 44.8 Å². The Kier molecular flexibility index (Phi) is 7.82. The average molecular weight is 666 g/mol. The number of nitrogens with zero attached hydrogens (tertiary/aromatic N) is 1. The standard InChI is InChI=1S/C31H25BrN2O6S2/c1-3-39-30(37)18-8-11-20(12-9-18)34-28(35)24-23(25-27(33-31(38)42-25)41-26(24)29(34)36)21-14-19(32)10-13-22(21)40-15-17-6-4-16(2)5-7-17/h4-14,23-24,26H,3,15H2,1-2H3,(H,33,38)/t23-,24-,26+/m0/s1. The quantitative estimate of drug-likeness (QED) is 0.189. The number of carbonyl (C=O) groups excluding carboxylic acids is 3. The molecule has 6 rings (SSSR count). The van der Waals surface area contributed by atoms with E-state index in [0.29, 0.717) is 39.1 Å². The van der Waals surface area contributed by atoms with Gasteiger partial charge in [-0.1, -0.05) is 68.9 Å². The smallest absolute Gasteiger partial charge is 0.338 e. The fraction of sp³-hybridized carbons (Fsp3) is 0.226. The number of imide groups is 1. The summed E-state index contributed by atoms with van der Waals surface area (Å²) in [4.78, 5) is 57.1. The molecule has 0 radical (unpaired) electrons. The third-order valence-electron chi connectivity index (χ3n) is 7.28. The van der Waals surface area contributed by atoms with Crippen molar-refractivity contribution in [2.45, 2.75) is 36.6 Å². The lowest BCUT2D eigenvalue weighted by Crippen LogP contribution is -2.32. The highest BCUT2D eigenvalue weighted by Gasteiger charge is 2.56. The van der Waals surface area contributed by atoms with Gasteiger partial charge in [-0.3, -0.25) is 14.4 Å². The summed E-state index contributed by atoms with van der Waals surface area (Å²) in [7, 11) is 0. The van der Waals surface area contributed by atoms with Crippen molar-refractivity contribution in [3.63, 3.8) is 0 Å². The van der Waals surface area contributed by atoms with Crippen LogP contribution in [0.2, 0.25) is 0 Å². The van der Waals surface area contributed by atoms with E-state index in [1.54, 1.807) is 31.2 Å². The number of aryl methyl sites for hydroxylation is 1. The van der Waals surface area contributed by atoms with E-state index in [9.17, 15) is 19.2 Å². The number of thioether (sulfide) groups is 1. The first-order chi connectivity index (χ1) is 20.2. The third-order valence-corrected chi connectivity index (χ3v) is 10.2. The molecule has 0 spiro atoms. The van der Waals surface area contributed by atoms with Gasteiger partial charge >= 0.3 is 10.8 Å². The van der Waals surface area contributed by atoms with E-state index >= 15 is 0 Å². The molecule has 11 heteroatoms. The Hall–Kier alpha value is -3.67. The van der Waals surface area contributed by atoms with Gasteiger partial charge in [-0.2, -0.15) is 0 Å². The fourth-order valence-electron chi connectivity index (χ4n) is 5.31. The molecule has 0 bridgehead atoms. The van der Waals surface area contributed by atoms with Gasteiger partial charge in [0.15, 0.2) is 0 Å². The second-order valence-corrected chi connectivity index (χ2v) is 13.1. The number of halogens is 1. The van der Waals surface area contributed by atoms with Gasteiger partial charge in [-0.15, -0.1) is 0 Å². The molecule has 0 saturated carbocycles. The van der Waals surface area contributed by atoms with Gasteiger partial charge in [0, 0.05) is 20.8 Å². The predicted octanol–water partition coefficient (Wildman–Crippen LogP) is 6.06. The first-order valence-corrected chi connectivity index (χ1v) is 15.8. The van der Waals surface area contributed by atoms with Crippen LogP contribution in [0.5, 0.6) is 5.75 Å². The average Bonchev–Trinajstić information content (AvgIpc) is 3.47. The second-order valence-electron chi connectivity index (χ2n) is 9.99. The summed E-state index contributed by atoms with van der Waals surface area (Å²) < 4.78 is 12.1. The maximum Gasteiger partial charge on any atom is 0.338 e. The summed E-state index contributed by atoms with van der Waals surface area (Å²) in [6.07, 6.45) is 0. The highest BCUT2D eigenvalue weighted by molar-refractivity contribution is 9.10. The Morgan fingerprint density at radius 2 is 1.74 bits per heavy atom. The molecule has 4 aromatic rings. The number of nitrogens with one attached hydrogen (secondary N) is 1. The molecular weight excluding hydrogens is 640 g/mol. The zero-order chi connectivity index (χ0) is 29.5. The summed E-state index contributed by atoms with van der Waals surface area (Å²) in [5.41, 5.74) is 3.54. The summed E-state index contributed by atoms with van der Waals surface area (Å²) in [6, 6.07) is 19.9. The molecule has 0 unspecified atom stereocenters. The minimum atomic E-state index is -0.776. The van der Waals surface area contributed by atoms with Crippen LogP contribution < -0.4 is 14.5 Å². The largest absolute Gasteiger partial charge is 0.489 e. The number of carbonyl (C=O) groups is 3. The van der Waals surface area contributed by atoms with Crippen molar-refractivity contribution >= 4 is 62.5 Å². The number of H-pyrrole nitrogens is 1. The van der Waals surface area contributed by atoms with E-state index in [4.69, 9.17) is 9.47 Å². The molecule has 0 aliphatic carbocycles. The van der Waals surface area contributed by atoms with Crippen LogP contribution in [0, 0.1) is 12.8 Å². The van der Waals surface area contributed by atoms with Crippen molar-refractivity contribution in [2.75, 3.05) is 11.5 Å². The molecule has 1 saturated heterocycles. The molecule has 1 N–H and O–H groups in total. The van der Waals surface area contributed by atoms with E-state index < -0.39 is 23.1 Å². The number of ether oxygens (including phenoxy) is 2. The number of rotatable bonds is 7. The number of fused-ring (bicyclic) bond motifs is 2. The SMILES string of the molecule is CCOC(=O)c1ccc(N2C(=O)[C@H]3[C@H](c4cc(Br)ccc4OCc4ccc(C)cc4)c4sc(=O)[nH]c4S[C@H]3C2=O)cc1. The summed E-state index contributed by atoms with van der Waals surface area (Å²) in [6.45, 7) is 4.30. The van der Waals surface area contributed by atoms with Gasteiger partial charge < -0.3 is 14.5 Å². The Morgan fingerprint density at radius 3 is 2.45 bits per heavy atom. The van der Waals surface area contributed by atoms with Crippen LogP contribution in [0.15, 0.2) is 81.0 Å². The van der Waals surface area contributed by atoms with E-state index in [1.807, 2.05) is 49.4 Å². The number of aromatic nitrogens is 1. The topological polar surface area (TPSA) is 106 Å². The third kappa shape index (κ3) is 5.21. The number of thiazole rings is 1. The van der Waals surface area contributed by atoms with Gasteiger partial charge in [0.1, 0.15) is 17.6 Å². The maximum absolute atomic E-state index is 14.1. The van der Waals surface area contributed by atoms with Crippen LogP contribution in [-0.2, 0) is 20.9 Å². The van der Waals surface area contributed by atoms with Gasteiger partial charge in [0.05, 0.1) is 28.8 Å². The van der Waals surface area contributed by atoms with E-state index in [-0.39, 0.29) is 23.3 Å². The molecule has 2 aliphatic heterocycles. The van der Waals surface area contributed by atoms with Crippen molar-refractivity contribution in [1.82, 2.24) is 4.98 Å². The van der Waals surface area contributed by atoms with Crippen LogP contribution in [0.25, 0.3) is 0 Å². The molecule has 1 aromatic heterocycles. The number of aromatic amines is 1. The first-order valence-electron chi connectivity index (χ1n) is 13.3. The molecule has 8 nitrogen and oxygen atoms in total. The molecule has 214 valence electrons. The van der Waals surface area contributed by atoms with Gasteiger partial charge in [0.25, 0.3) is 0 Å². The summed E-state index contributed by atoms with van der Waals surface area (Å²) in [5.74, 6) is -2.03. The van der Waals surface area contributed by atoms with E-state index in [0.717, 1.165) is 26.9 Å². The first kappa shape index (κ1) is 28.4. The van der Waals surface area contributed by atoms with Crippen molar-refractivity contribution < 1.29 is 23.9 Å². The highest BCUT2D eigenvalue weighted by atomic mass is 79.9. The molecule has 3 atom stereocenters. The van der Waals surface area contributed by atoms with Crippen LogP contribution >= 0.6 is 39.0 Å². The minimum Gasteiger partial charge on any atom is -0.489 e. The Bertz CT molecular complexity index is 1750. The van der Waals surface area contributed by atoms with Crippen molar-refractivity contribution in [3.05, 3.63) is 108 Å². The van der Waals surface area contributed by atoms with Crippen molar-refractivity contribution in [1.29, 1.82) is 0 Å². The number of hydrogen-bond acceptors (Lipinski definition) is 8. The minimum absolute atomic E-state index is 0.240. The normalized spacial score (nSPS) is 19.4. The number of amides is 2. The Labute approximate surface area is 258 Å². The highest BCUT2D eigenvalue weighted by Crippen LogP contribution is 2.54. The Morgan fingerprint density at radius 1 is 1.00 bits per heavy atom. The maximum atomic E-state index is 14.1. The molecule has 1 fully saturated rings. The monoisotopic (exact) mass is 664 g/mol. The number of benzene rings is 3. The van der Waals surface area contributed by atoms with Gasteiger partial charge in [-0.25, -0.2) is 9.69 Å². The molecule has 2 aliphatic rings. The lowest BCUT2D eigenvalue weighted by atomic mass is 9.82. The van der Waals surface area contributed by atoms with Crippen LogP contribution in [-0.4, -0.2) is 34.6 Å². The fourth-order valence-corrected chi connectivity index (χ4v) is 8.19. The lowest BCUT2D eigenvalue weighted by molar-refractivity contribution is -0.122. The van der Waals surface area contributed by atoms with E-state index in [2.05, 4.69) is 20.9 Å². The summed E-state index contributed by atoms with van der Waals surface area (Å²) >= 11 is 5.82. The van der Waals surface area contributed by atoms with Gasteiger partial charge in [-0.05, 0) is 61.9 Å². The summed E-state index contributed by atoms with van der Waals surface area (Å²) in [5, 5.41) is -0.171. The lowest BCUT2D eigenvalue weighted by Gasteiger charge is -2.31. The molecular formula is C31H25BrN2O6S2.